The van der Waals surface area contributed by atoms with Gasteiger partial charge < -0.3 is 14.4 Å². The van der Waals surface area contributed by atoms with Gasteiger partial charge in [-0.1, -0.05) is 6.07 Å². The van der Waals surface area contributed by atoms with Gasteiger partial charge in [-0.05, 0) is 25.1 Å². The maximum atomic E-state index is 11.2. The first kappa shape index (κ1) is 12.7. The molecular weight excluding hydrogens is 244 g/mol. The molecule has 0 amide bonds. The Kier molecular flexibility index (Phi) is 3.53. The van der Waals surface area contributed by atoms with E-state index >= 15 is 0 Å². The molecule has 0 bridgehead atoms. The Bertz CT molecular complexity index is 653. The minimum Gasteiger partial charge on any atom is -0.494 e. The molecule has 0 fully saturated rings. The van der Waals surface area contributed by atoms with Crippen molar-refractivity contribution in [3.63, 3.8) is 0 Å². The van der Waals surface area contributed by atoms with E-state index in [4.69, 9.17) is 10.00 Å². The van der Waals surface area contributed by atoms with Crippen LogP contribution in [0.2, 0.25) is 0 Å². The van der Waals surface area contributed by atoms with Gasteiger partial charge in [0.2, 0.25) is 0 Å². The van der Waals surface area contributed by atoms with Gasteiger partial charge in [-0.15, -0.1) is 0 Å². The number of benzene rings is 1. The van der Waals surface area contributed by atoms with Crippen LogP contribution in [0.25, 0.3) is 5.69 Å². The van der Waals surface area contributed by atoms with Gasteiger partial charge in [0.05, 0.1) is 12.2 Å². The van der Waals surface area contributed by atoms with Gasteiger partial charge in [-0.2, -0.15) is 5.26 Å². The molecule has 0 radical (unpaired) electrons. The number of carbonyl (C=O) groups is 1. The van der Waals surface area contributed by atoms with E-state index in [9.17, 15) is 9.90 Å². The third-order valence-electron chi connectivity index (χ3n) is 2.62. The number of nitriles is 1. The highest BCUT2D eigenvalue weighted by atomic mass is 16.5. The zero-order valence-electron chi connectivity index (χ0n) is 10.3. The molecule has 1 aromatic carbocycles. The largest absolute Gasteiger partial charge is 0.494 e. The fourth-order valence-electron chi connectivity index (χ4n) is 1.85. The number of rotatable bonds is 4. The number of aromatic carboxylic acids is 1. The highest BCUT2D eigenvalue weighted by Gasteiger charge is 2.17. The molecule has 5 heteroatoms. The molecule has 2 aromatic rings. The third-order valence-corrected chi connectivity index (χ3v) is 2.62. The van der Waals surface area contributed by atoms with Crippen molar-refractivity contribution in [2.45, 2.75) is 6.92 Å². The zero-order valence-corrected chi connectivity index (χ0v) is 10.3. The van der Waals surface area contributed by atoms with E-state index in [1.807, 2.05) is 13.0 Å². The van der Waals surface area contributed by atoms with Crippen LogP contribution >= 0.6 is 0 Å². The van der Waals surface area contributed by atoms with Crippen LogP contribution in [0.3, 0.4) is 0 Å². The Morgan fingerprint density at radius 2 is 2.26 bits per heavy atom. The standard InChI is InChI=1S/C14H12N2O3/c1-2-19-12-5-3-4-11(8-12)16-7-6-10(9-15)13(16)14(17)18/h3-8H,2H2,1H3,(H,17,18). The lowest BCUT2D eigenvalue weighted by Gasteiger charge is -2.09. The number of hydrogen-bond acceptors (Lipinski definition) is 3. The van der Waals surface area contributed by atoms with Crippen molar-refractivity contribution in [2.75, 3.05) is 6.61 Å². The second kappa shape index (κ2) is 5.27. The normalized spacial score (nSPS) is 9.89. The Labute approximate surface area is 110 Å². The molecule has 1 N–H and O–H groups in total. The summed E-state index contributed by atoms with van der Waals surface area (Å²) >= 11 is 0. The first-order valence-corrected chi connectivity index (χ1v) is 5.75. The van der Waals surface area contributed by atoms with E-state index < -0.39 is 5.97 Å². The van der Waals surface area contributed by atoms with E-state index in [-0.39, 0.29) is 11.3 Å². The summed E-state index contributed by atoms with van der Waals surface area (Å²) in [5.74, 6) is -0.480. The van der Waals surface area contributed by atoms with Gasteiger partial charge in [0.15, 0.2) is 0 Å². The summed E-state index contributed by atoms with van der Waals surface area (Å²) in [4.78, 5) is 11.2. The molecule has 19 heavy (non-hydrogen) atoms. The summed E-state index contributed by atoms with van der Waals surface area (Å²) in [7, 11) is 0. The number of hydrogen-bond donors (Lipinski definition) is 1. The van der Waals surface area contributed by atoms with Crippen LogP contribution in [-0.2, 0) is 0 Å². The number of nitrogens with zero attached hydrogens (tertiary/aromatic N) is 2. The molecule has 2 rings (SSSR count). The molecule has 0 aliphatic carbocycles. The SMILES string of the molecule is CCOc1cccc(-n2ccc(C#N)c2C(=O)O)c1. The van der Waals surface area contributed by atoms with Crippen LogP contribution in [0.4, 0.5) is 0 Å². The monoisotopic (exact) mass is 256 g/mol. The van der Waals surface area contributed by atoms with Crippen molar-refractivity contribution in [3.8, 4) is 17.5 Å². The van der Waals surface area contributed by atoms with Crippen molar-refractivity contribution >= 4 is 5.97 Å². The van der Waals surface area contributed by atoms with Crippen molar-refractivity contribution in [1.82, 2.24) is 4.57 Å². The summed E-state index contributed by atoms with van der Waals surface area (Å²) in [6, 6.07) is 10.4. The Morgan fingerprint density at radius 3 is 2.89 bits per heavy atom. The maximum Gasteiger partial charge on any atom is 0.354 e. The second-order valence-corrected chi connectivity index (χ2v) is 3.80. The molecule has 1 aromatic heterocycles. The lowest BCUT2D eigenvalue weighted by molar-refractivity contribution is 0.0688. The van der Waals surface area contributed by atoms with Gasteiger partial charge in [0, 0.05) is 18.0 Å². The number of carboxylic acid groups (broad SMARTS) is 1. The number of aromatic nitrogens is 1. The molecule has 0 saturated carbocycles. The van der Waals surface area contributed by atoms with Crippen LogP contribution in [0.15, 0.2) is 36.5 Å². The maximum absolute atomic E-state index is 11.2. The summed E-state index contributed by atoms with van der Waals surface area (Å²) in [5.41, 5.74) is 0.732. The van der Waals surface area contributed by atoms with E-state index in [2.05, 4.69) is 0 Å². The smallest absolute Gasteiger partial charge is 0.354 e. The van der Waals surface area contributed by atoms with Crippen LogP contribution in [0, 0.1) is 11.3 Å². The van der Waals surface area contributed by atoms with Gasteiger partial charge in [-0.25, -0.2) is 4.79 Å². The molecule has 0 saturated heterocycles. The second-order valence-electron chi connectivity index (χ2n) is 3.80. The quantitative estimate of drug-likeness (QED) is 0.911. The fourth-order valence-corrected chi connectivity index (χ4v) is 1.85. The minimum atomic E-state index is -1.14. The molecular formula is C14H12N2O3. The topological polar surface area (TPSA) is 75.2 Å². The van der Waals surface area contributed by atoms with Crippen LogP contribution in [0.5, 0.6) is 5.75 Å². The lowest BCUT2D eigenvalue weighted by Crippen LogP contribution is -2.07. The average Bonchev–Trinajstić information content (AvgIpc) is 2.83. The van der Waals surface area contributed by atoms with Crippen molar-refractivity contribution in [3.05, 3.63) is 47.8 Å². The third kappa shape index (κ3) is 2.43. The molecule has 0 atom stereocenters. The van der Waals surface area contributed by atoms with Crippen molar-refractivity contribution in [2.24, 2.45) is 0 Å². The van der Waals surface area contributed by atoms with E-state index in [0.29, 0.717) is 18.0 Å². The summed E-state index contributed by atoms with van der Waals surface area (Å²) < 4.78 is 6.84. The molecule has 0 aliphatic heterocycles. The first-order chi connectivity index (χ1) is 9.17. The molecule has 5 nitrogen and oxygen atoms in total. The van der Waals surface area contributed by atoms with Crippen LogP contribution < -0.4 is 4.74 Å². The predicted octanol–water partition coefficient (Wildman–Crippen LogP) is 2.45. The molecule has 0 spiro atoms. The Hall–Kier alpha value is -2.74. The summed E-state index contributed by atoms with van der Waals surface area (Å²) in [6.07, 6.45) is 1.56. The number of carboxylic acids is 1. The average molecular weight is 256 g/mol. The van der Waals surface area contributed by atoms with E-state index in [1.165, 1.54) is 10.6 Å². The molecule has 0 unspecified atom stereocenters. The zero-order chi connectivity index (χ0) is 13.8. The fraction of sp³-hybridized carbons (Fsp3) is 0.143. The Morgan fingerprint density at radius 1 is 1.47 bits per heavy atom. The van der Waals surface area contributed by atoms with Gasteiger partial charge in [0.1, 0.15) is 17.5 Å². The minimum absolute atomic E-state index is 0.0452. The molecule has 96 valence electrons. The summed E-state index contributed by atoms with van der Waals surface area (Å²) in [6.45, 7) is 2.41. The lowest BCUT2D eigenvalue weighted by atomic mass is 10.2. The summed E-state index contributed by atoms with van der Waals surface area (Å²) in [5, 5.41) is 18.1. The highest BCUT2D eigenvalue weighted by Crippen LogP contribution is 2.21. The van der Waals surface area contributed by atoms with Crippen molar-refractivity contribution in [1.29, 1.82) is 5.26 Å². The van der Waals surface area contributed by atoms with Crippen LogP contribution in [0.1, 0.15) is 23.0 Å². The molecule has 1 heterocycles. The first-order valence-electron chi connectivity index (χ1n) is 5.75. The number of ether oxygens (including phenoxy) is 1. The van der Waals surface area contributed by atoms with Crippen molar-refractivity contribution < 1.29 is 14.6 Å². The predicted molar refractivity (Wildman–Crippen MR) is 68.6 cm³/mol. The van der Waals surface area contributed by atoms with E-state index in [1.54, 1.807) is 30.5 Å². The van der Waals surface area contributed by atoms with Gasteiger partial charge in [0.25, 0.3) is 0 Å². The van der Waals surface area contributed by atoms with Crippen LogP contribution in [-0.4, -0.2) is 22.2 Å². The van der Waals surface area contributed by atoms with Gasteiger partial charge in [-0.3, -0.25) is 0 Å². The van der Waals surface area contributed by atoms with Gasteiger partial charge >= 0.3 is 5.97 Å². The van der Waals surface area contributed by atoms with E-state index in [0.717, 1.165) is 0 Å². The highest BCUT2D eigenvalue weighted by molar-refractivity contribution is 5.89. The Balaban J connectivity index is 2.53. The molecule has 0 aliphatic rings.